The summed E-state index contributed by atoms with van der Waals surface area (Å²) in [5.74, 6) is 1.10. The fourth-order valence-corrected chi connectivity index (χ4v) is 3.45. The Balaban J connectivity index is 1.70. The third-order valence-corrected chi connectivity index (χ3v) is 5.24. The number of aromatic nitrogens is 4. The van der Waals surface area contributed by atoms with Gasteiger partial charge in [-0.05, 0) is 37.6 Å². The average molecular weight is 389 g/mol. The number of fused-ring (bicyclic) bond motifs is 1. The van der Waals surface area contributed by atoms with Crippen LogP contribution in [0.5, 0.6) is 0 Å². The number of nitrogens with zero attached hydrogens (tertiary/aromatic N) is 5. The molecule has 0 unspecified atom stereocenters. The molecule has 0 radical (unpaired) electrons. The van der Waals surface area contributed by atoms with E-state index in [1.807, 2.05) is 36.0 Å². The van der Waals surface area contributed by atoms with Crippen molar-refractivity contribution in [3.05, 3.63) is 47.8 Å². The third-order valence-electron chi connectivity index (χ3n) is 5.24. The van der Waals surface area contributed by atoms with Crippen molar-refractivity contribution < 1.29 is 5.11 Å². The van der Waals surface area contributed by atoms with E-state index in [2.05, 4.69) is 45.6 Å². The number of hydrogen-bond acceptors (Lipinski definition) is 7. The van der Waals surface area contributed by atoms with Gasteiger partial charge in [-0.1, -0.05) is 6.92 Å². The van der Waals surface area contributed by atoms with Crippen molar-refractivity contribution >= 4 is 17.5 Å². The Kier molecular flexibility index (Phi) is 4.68. The number of hydrogen-bond donors (Lipinski definition) is 3. The second-order valence-corrected chi connectivity index (χ2v) is 7.80. The van der Waals surface area contributed by atoms with Crippen molar-refractivity contribution in [1.82, 2.24) is 19.7 Å². The Bertz CT molecular complexity index is 1100. The minimum absolute atomic E-state index is 0.00356. The fourth-order valence-electron chi connectivity index (χ4n) is 3.45. The van der Waals surface area contributed by atoms with Crippen molar-refractivity contribution in [3.8, 4) is 17.3 Å². The Morgan fingerprint density at radius 1 is 1.38 bits per heavy atom. The van der Waals surface area contributed by atoms with E-state index in [9.17, 15) is 10.4 Å². The zero-order valence-corrected chi connectivity index (χ0v) is 16.6. The highest BCUT2D eigenvalue weighted by Gasteiger charge is 2.35. The van der Waals surface area contributed by atoms with Crippen LogP contribution in [0.4, 0.5) is 17.5 Å². The molecule has 3 N–H and O–H groups in total. The number of aliphatic hydroxyl groups excluding tert-OH is 1. The molecule has 29 heavy (non-hydrogen) atoms. The monoisotopic (exact) mass is 389 g/mol. The van der Waals surface area contributed by atoms with E-state index in [1.54, 1.807) is 12.3 Å². The molecule has 3 aromatic rings. The Morgan fingerprint density at radius 2 is 2.21 bits per heavy atom. The highest BCUT2D eigenvalue weighted by Crippen LogP contribution is 2.41. The van der Waals surface area contributed by atoms with Gasteiger partial charge in [-0.15, -0.1) is 0 Å². The molecule has 148 valence electrons. The summed E-state index contributed by atoms with van der Waals surface area (Å²) < 4.78 is 1.86. The number of rotatable bonds is 5. The van der Waals surface area contributed by atoms with Crippen LogP contribution in [-0.4, -0.2) is 38.0 Å². The maximum Gasteiger partial charge on any atom is 0.228 e. The average Bonchev–Trinajstić information content (AvgIpc) is 3.33. The molecule has 2 aromatic heterocycles. The van der Waals surface area contributed by atoms with Gasteiger partial charge in [-0.2, -0.15) is 10.4 Å². The zero-order chi connectivity index (χ0) is 20.6. The van der Waals surface area contributed by atoms with Crippen LogP contribution in [0.2, 0.25) is 0 Å². The molecule has 4 rings (SSSR count). The summed E-state index contributed by atoms with van der Waals surface area (Å²) in [5.41, 5.74) is 3.32. The van der Waals surface area contributed by atoms with Gasteiger partial charge in [0.15, 0.2) is 5.82 Å². The number of nitriles is 1. The van der Waals surface area contributed by atoms with E-state index in [1.165, 1.54) is 0 Å². The number of anilines is 3. The SMILES string of the molecule is CC(C)n1ccc(Nc2nccc(-c3cc(C#N)c4c(c3)[C@@](C)(CO)CN4)n2)n1. The Labute approximate surface area is 169 Å². The summed E-state index contributed by atoms with van der Waals surface area (Å²) in [6, 6.07) is 10.0. The molecule has 0 bridgehead atoms. The van der Waals surface area contributed by atoms with Crippen LogP contribution in [0.25, 0.3) is 11.3 Å². The molecule has 1 aliphatic heterocycles. The molecular formula is C21H23N7O. The second kappa shape index (κ2) is 7.18. The van der Waals surface area contributed by atoms with Crippen LogP contribution in [0.15, 0.2) is 36.7 Å². The molecule has 3 heterocycles. The first kappa shape index (κ1) is 18.9. The topological polar surface area (TPSA) is 112 Å². The van der Waals surface area contributed by atoms with E-state index in [4.69, 9.17) is 0 Å². The maximum atomic E-state index is 9.88. The van der Waals surface area contributed by atoms with E-state index >= 15 is 0 Å². The Hall–Kier alpha value is -3.44. The normalized spacial score (nSPS) is 17.7. The molecule has 8 nitrogen and oxygen atoms in total. The largest absolute Gasteiger partial charge is 0.395 e. The standard InChI is InChI=1S/C21H23N7O/c1-13(2)28-7-5-18(27-28)26-20-23-6-4-17(25-20)14-8-15(10-22)19-16(9-14)21(3,12-29)11-24-19/h4-9,13,24,29H,11-12H2,1-3H3,(H,23,25,26,27)/t21-/m1/s1. The zero-order valence-electron chi connectivity index (χ0n) is 16.6. The van der Waals surface area contributed by atoms with Crippen LogP contribution in [0.1, 0.15) is 37.9 Å². The van der Waals surface area contributed by atoms with Crippen LogP contribution in [0.3, 0.4) is 0 Å². The Morgan fingerprint density at radius 3 is 2.90 bits per heavy atom. The molecule has 0 fully saturated rings. The van der Waals surface area contributed by atoms with Gasteiger partial charge in [0.05, 0.1) is 23.6 Å². The number of aliphatic hydroxyl groups is 1. The molecule has 8 heteroatoms. The van der Waals surface area contributed by atoms with E-state index in [0.717, 1.165) is 16.8 Å². The first-order valence-electron chi connectivity index (χ1n) is 9.52. The molecule has 0 saturated heterocycles. The number of benzene rings is 1. The minimum Gasteiger partial charge on any atom is -0.395 e. The first-order chi connectivity index (χ1) is 13.9. The van der Waals surface area contributed by atoms with E-state index in [0.29, 0.717) is 29.6 Å². The lowest BCUT2D eigenvalue weighted by Crippen LogP contribution is -2.28. The van der Waals surface area contributed by atoms with Gasteiger partial charge in [0.2, 0.25) is 5.95 Å². The van der Waals surface area contributed by atoms with Gasteiger partial charge in [0.25, 0.3) is 0 Å². The molecule has 1 aliphatic rings. The van der Waals surface area contributed by atoms with Gasteiger partial charge in [-0.3, -0.25) is 4.68 Å². The summed E-state index contributed by atoms with van der Waals surface area (Å²) in [6.07, 6.45) is 3.58. The lowest BCUT2D eigenvalue weighted by atomic mass is 9.83. The lowest BCUT2D eigenvalue weighted by Gasteiger charge is -2.21. The van der Waals surface area contributed by atoms with Crippen LogP contribution < -0.4 is 10.6 Å². The van der Waals surface area contributed by atoms with Crippen molar-refractivity contribution in [1.29, 1.82) is 5.26 Å². The second-order valence-electron chi connectivity index (χ2n) is 7.80. The molecule has 0 aliphatic carbocycles. The number of nitrogens with one attached hydrogen (secondary N) is 2. The van der Waals surface area contributed by atoms with Gasteiger partial charge in [0, 0.05) is 42.0 Å². The summed E-state index contributed by atoms with van der Waals surface area (Å²) in [7, 11) is 0. The summed E-state index contributed by atoms with van der Waals surface area (Å²) >= 11 is 0. The van der Waals surface area contributed by atoms with Gasteiger partial charge < -0.3 is 15.7 Å². The lowest BCUT2D eigenvalue weighted by molar-refractivity contribution is 0.219. The minimum atomic E-state index is -0.436. The van der Waals surface area contributed by atoms with Crippen LogP contribution in [0, 0.1) is 11.3 Å². The van der Waals surface area contributed by atoms with Gasteiger partial charge in [0.1, 0.15) is 6.07 Å². The van der Waals surface area contributed by atoms with Crippen molar-refractivity contribution in [2.75, 3.05) is 23.8 Å². The summed E-state index contributed by atoms with van der Waals surface area (Å²) in [6.45, 7) is 6.68. The summed E-state index contributed by atoms with van der Waals surface area (Å²) in [5, 5.41) is 30.3. The van der Waals surface area contributed by atoms with Crippen LogP contribution in [-0.2, 0) is 5.41 Å². The predicted octanol–water partition coefficient (Wildman–Crippen LogP) is 3.21. The van der Waals surface area contributed by atoms with Crippen molar-refractivity contribution in [3.63, 3.8) is 0 Å². The van der Waals surface area contributed by atoms with E-state index in [-0.39, 0.29) is 12.6 Å². The molecule has 0 spiro atoms. The van der Waals surface area contributed by atoms with Gasteiger partial charge in [-0.25, -0.2) is 9.97 Å². The highest BCUT2D eigenvalue weighted by atomic mass is 16.3. The third kappa shape index (κ3) is 3.41. The highest BCUT2D eigenvalue weighted by molar-refractivity contribution is 5.76. The van der Waals surface area contributed by atoms with Crippen molar-refractivity contribution in [2.45, 2.75) is 32.2 Å². The van der Waals surface area contributed by atoms with E-state index < -0.39 is 5.41 Å². The summed E-state index contributed by atoms with van der Waals surface area (Å²) in [4.78, 5) is 8.89. The molecule has 1 aromatic carbocycles. The molecule has 1 atom stereocenters. The molecule has 0 saturated carbocycles. The molecule has 0 amide bonds. The predicted molar refractivity (Wildman–Crippen MR) is 111 cm³/mol. The quantitative estimate of drug-likeness (QED) is 0.614. The maximum absolute atomic E-state index is 9.88. The first-order valence-corrected chi connectivity index (χ1v) is 9.52. The molecular weight excluding hydrogens is 366 g/mol. The fraction of sp³-hybridized carbons (Fsp3) is 0.333. The van der Waals surface area contributed by atoms with Crippen LogP contribution >= 0.6 is 0 Å². The van der Waals surface area contributed by atoms with Crippen molar-refractivity contribution in [2.24, 2.45) is 0 Å². The smallest absolute Gasteiger partial charge is 0.228 e. The van der Waals surface area contributed by atoms with Gasteiger partial charge >= 0.3 is 0 Å².